The van der Waals surface area contributed by atoms with Crippen LogP contribution in [0.25, 0.3) is 10.2 Å². The highest BCUT2D eigenvalue weighted by atomic mass is 32.1. The average molecular weight is 301 g/mol. The maximum absolute atomic E-state index is 10.6. The molecule has 0 spiro atoms. The second-order valence-corrected chi connectivity index (χ2v) is 6.02. The molecule has 1 aliphatic heterocycles. The second-order valence-electron chi connectivity index (χ2n) is 5.11. The Bertz CT molecular complexity index is 738. The van der Waals surface area contributed by atoms with Gasteiger partial charge < -0.3 is 14.8 Å². The highest BCUT2D eigenvalue weighted by Crippen LogP contribution is 2.29. The van der Waals surface area contributed by atoms with Gasteiger partial charge in [0.1, 0.15) is 18.6 Å². The molecule has 1 atom stereocenters. The van der Waals surface area contributed by atoms with Crippen LogP contribution in [0.1, 0.15) is 17.5 Å². The van der Waals surface area contributed by atoms with E-state index in [4.69, 9.17) is 4.74 Å². The van der Waals surface area contributed by atoms with Crippen LogP contribution in [0.2, 0.25) is 0 Å². The van der Waals surface area contributed by atoms with Crippen LogP contribution in [-0.2, 0) is 6.54 Å². The molecule has 3 aromatic heterocycles. The molecule has 0 aromatic carbocycles. The molecule has 5 nitrogen and oxygen atoms in total. The summed E-state index contributed by atoms with van der Waals surface area (Å²) in [5.41, 5.74) is 1.83. The SMILES string of the molecule is OC(c1cc2ccsc2[nH]1)N1CCOc2ccncc2C1. The number of ether oxygens (including phenoxy) is 1. The van der Waals surface area contributed by atoms with E-state index in [-0.39, 0.29) is 0 Å². The molecule has 6 heteroatoms. The van der Waals surface area contributed by atoms with E-state index in [1.807, 2.05) is 22.4 Å². The molecule has 0 radical (unpaired) electrons. The number of hydrogen-bond acceptors (Lipinski definition) is 5. The molecule has 3 aromatic rings. The molecule has 0 saturated heterocycles. The quantitative estimate of drug-likeness (QED) is 0.763. The van der Waals surface area contributed by atoms with Crippen molar-refractivity contribution in [2.45, 2.75) is 12.8 Å². The zero-order valence-electron chi connectivity index (χ0n) is 11.3. The minimum atomic E-state index is -0.667. The first kappa shape index (κ1) is 12.8. The van der Waals surface area contributed by atoms with Gasteiger partial charge in [0.25, 0.3) is 0 Å². The Morgan fingerprint density at radius 3 is 3.29 bits per heavy atom. The van der Waals surface area contributed by atoms with Gasteiger partial charge in [0, 0.05) is 36.4 Å². The Morgan fingerprint density at radius 2 is 2.38 bits per heavy atom. The van der Waals surface area contributed by atoms with E-state index in [0.29, 0.717) is 19.7 Å². The zero-order valence-corrected chi connectivity index (χ0v) is 12.1. The third-order valence-corrected chi connectivity index (χ3v) is 4.60. The molecule has 21 heavy (non-hydrogen) atoms. The summed E-state index contributed by atoms with van der Waals surface area (Å²) in [5, 5.41) is 13.8. The molecule has 108 valence electrons. The molecule has 0 fully saturated rings. The first-order valence-corrected chi connectivity index (χ1v) is 7.73. The van der Waals surface area contributed by atoms with E-state index in [2.05, 4.69) is 16.0 Å². The predicted octanol–water partition coefficient (Wildman–Crippen LogP) is 2.51. The van der Waals surface area contributed by atoms with E-state index in [1.54, 1.807) is 23.7 Å². The summed E-state index contributed by atoms with van der Waals surface area (Å²) in [5.74, 6) is 0.854. The van der Waals surface area contributed by atoms with Gasteiger partial charge in [-0.15, -0.1) is 11.3 Å². The lowest BCUT2D eigenvalue weighted by atomic mass is 10.2. The number of rotatable bonds is 2. The van der Waals surface area contributed by atoms with E-state index >= 15 is 0 Å². The summed E-state index contributed by atoms with van der Waals surface area (Å²) in [7, 11) is 0. The van der Waals surface area contributed by atoms with Crippen molar-refractivity contribution >= 4 is 21.6 Å². The van der Waals surface area contributed by atoms with E-state index in [1.165, 1.54) is 0 Å². The summed E-state index contributed by atoms with van der Waals surface area (Å²) in [6, 6.07) is 5.93. The third-order valence-electron chi connectivity index (χ3n) is 3.76. The van der Waals surface area contributed by atoms with Crippen molar-refractivity contribution in [2.24, 2.45) is 0 Å². The predicted molar refractivity (Wildman–Crippen MR) is 81.3 cm³/mol. The summed E-state index contributed by atoms with van der Waals surface area (Å²) >= 11 is 1.65. The van der Waals surface area contributed by atoms with Gasteiger partial charge in [-0.2, -0.15) is 0 Å². The van der Waals surface area contributed by atoms with Crippen molar-refractivity contribution in [2.75, 3.05) is 13.2 Å². The Kier molecular flexibility index (Phi) is 3.14. The number of aliphatic hydroxyl groups is 1. The van der Waals surface area contributed by atoms with Crippen molar-refractivity contribution in [3.63, 3.8) is 0 Å². The van der Waals surface area contributed by atoms with Gasteiger partial charge in [-0.25, -0.2) is 0 Å². The molecule has 0 amide bonds. The molecule has 0 saturated carbocycles. The number of aliphatic hydroxyl groups excluding tert-OH is 1. The molecule has 1 unspecified atom stereocenters. The summed E-state index contributed by atoms with van der Waals surface area (Å²) in [4.78, 5) is 10.5. The minimum Gasteiger partial charge on any atom is -0.492 e. The topological polar surface area (TPSA) is 61.4 Å². The summed E-state index contributed by atoms with van der Waals surface area (Å²) in [6.07, 6.45) is 2.86. The zero-order chi connectivity index (χ0) is 14.2. The van der Waals surface area contributed by atoms with Gasteiger partial charge in [-0.3, -0.25) is 9.88 Å². The normalized spacial score (nSPS) is 17.2. The molecule has 0 aliphatic carbocycles. The van der Waals surface area contributed by atoms with E-state index in [0.717, 1.165) is 27.2 Å². The van der Waals surface area contributed by atoms with E-state index < -0.39 is 6.23 Å². The third kappa shape index (κ3) is 2.31. The van der Waals surface area contributed by atoms with Gasteiger partial charge in [-0.1, -0.05) is 0 Å². The molecular weight excluding hydrogens is 286 g/mol. The number of aromatic amines is 1. The van der Waals surface area contributed by atoms with Crippen LogP contribution in [0.4, 0.5) is 0 Å². The minimum absolute atomic E-state index is 0.559. The lowest BCUT2D eigenvalue weighted by molar-refractivity contribution is -0.00916. The number of H-pyrrole nitrogens is 1. The first-order chi connectivity index (χ1) is 10.3. The lowest BCUT2D eigenvalue weighted by Crippen LogP contribution is -2.30. The van der Waals surface area contributed by atoms with Crippen molar-refractivity contribution in [3.05, 3.63) is 47.2 Å². The first-order valence-electron chi connectivity index (χ1n) is 6.85. The van der Waals surface area contributed by atoms with Crippen LogP contribution in [0.3, 0.4) is 0 Å². The number of thiophene rings is 1. The number of aromatic nitrogens is 2. The lowest BCUT2D eigenvalue weighted by Gasteiger charge is -2.24. The van der Waals surface area contributed by atoms with Crippen molar-refractivity contribution < 1.29 is 9.84 Å². The summed E-state index contributed by atoms with van der Waals surface area (Å²) < 4.78 is 5.71. The van der Waals surface area contributed by atoms with Crippen molar-refractivity contribution in [3.8, 4) is 5.75 Å². The molecule has 0 bridgehead atoms. The van der Waals surface area contributed by atoms with Crippen LogP contribution in [0, 0.1) is 0 Å². The van der Waals surface area contributed by atoms with Crippen molar-refractivity contribution in [1.29, 1.82) is 0 Å². The fourth-order valence-electron chi connectivity index (χ4n) is 2.66. The van der Waals surface area contributed by atoms with Gasteiger partial charge in [0.15, 0.2) is 0 Å². The molecule has 4 rings (SSSR count). The molecule has 4 heterocycles. The number of hydrogen-bond donors (Lipinski definition) is 2. The Labute approximate surface area is 125 Å². The van der Waals surface area contributed by atoms with Gasteiger partial charge in [0.05, 0.1) is 10.5 Å². The highest BCUT2D eigenvalue weighted by molar-refractivity contribution is 7.16. The largest absolute Gasteiger partial charge is 0.492 e. The maximum Gasteiger partial charge on any atom is 0.148 e. The van der Waals surface area contributed by atoms with Crippen LogP contribution in [-0.4, -0.2) is 33.1 Å². The second kappa shape index (κ2) is 5.14. The van der Waals surface area contributed by atoms with Gasteiger partial charge in [0.2, 0.25) is 0 Å². The summed E-state index contributed by atoms with van der Waals surface area (Å²) in [6.45, 7) is 1.85. The number of nitrogens with zero attached hydrogens (tertiary/aromatic N) is 2. The maximum atomic E-state index is 10.6. The molecule has 2 N–H and O–H groups in total. The van der Waals surface area contributed by atoms with Crippen molar-refractivity contribution in [1.82, 2.24) is 14.9 Å². The number of nitrogens with one attached hydrogen (secondary N) is 1. The molecular formula is C15H15N3O2S. The van der Waals surface area contributed by atoms with Crippen LogP contribution < -0.4 is 4.74 Å². The number of pyridine rings is 1. The van der Waals surface area contributed by atoms with Crippen LogP contribution in [0.15, 0.2) is 36.0 Å². The van der Waals surface area contributed by atoms with Crippen LogP contribution in [0.5, 0.6) is 5.75 Å². The Balaban J connectivity index is 1.62. The van der Waals surface area contributed by atoms with Gasteiger partial charge >= 0.3 is 0 Å². The highest BCUT2D eigenvalue weighted by Gasteiger charge is 2.23. The standard InChI is InChI=1S/C15H15N3O2S/c19-15(12-7-10-2-6-21-14(10)17-12)18-4-5-20-13-1-3-16-8-11(13)9-18/h1-3,6-8,15,17,19H,4-5,9H2. The average Bonchev–Trinajstić information content (AvgIpc) is 3.01. The number of fused-ring (bicyclic) bond motifs is 2. The van der Waals surface area contributed by atoms with E-state index in [9.17, 15) is 5.11 Å². The Morgan fingerprint density at radius 1 is 1.43 bits per heavy atom. The monoisotopic (exact) mass is 301 g/mol. The fourth-order valence-corrected chi connectivity index (χ4v) is 3.45. The smallest absolute Gasteiger partial charge is 0.148 e. The fraction of sp³-hybridized carbons (Fsp3) is 0.267. The van der Waals surface area contributed by atoms with Crippen LogP contribution >= 0.6 is 11.3 Å². The molecule has 1 aliphatic rings. The van der Waals surface area contributed by atoms with Gasteiger partial charge in [-0.05, 0) is 23.6 Å². The Hall–Kier alpha value is -1.89.